The maximum Gasteiger partial charge on any atom is 0.0340 e. The van der Waals surface area contributed by atoms with E-state index in [1.165, 1.54) is 55.4 Å². The molecule has 1 aromatic carbocycles. The van der Waals surface area contributed by atoms with Crippen LogP contribution < -0.4 is 5.32 Å². The van der Waals surface area contributed by atoms with E-state index in [0.717, 1.165) is 0 Å². The van der Waals surface area contributed by atoms with Crippen molar-refractivity contribution in [1.29, 1.82) is 0 Å². The van der Waals surface area contributed by atoms with E-state index in [4.69, 9.17) is 0 Å². The van der Waals surface area contributed by atoms with E-state index in [1.807, 2.05) is 0 Å². The van der Waals surface area contributed by atoms with Gasteiger partial charge in [-0.2, -0.15) is 0 Å². The van der Waals surface area contributed by atoms with E-state index in [9.17, 15) is 0 Å². The fourth-order valence-corrected chi connectivity index (χ4v) is 3.79. The predicted molar refractivity (Wildman–Crippen MR) is 94.6 cm³/mol. The number of hydrogen-bond donors (Lipinski definition) is 1. The van der Waals surface area contributed by atoms with Crippen molar-refractivity contribution < 1.29 is 0 Å². The van der Waals surface area contributed by atoms with Crippen LogP contribution in [0.1, 0.15) is 51.1 Å². The summed E-state index contributed by atoms with van der Waals surface area (Å²) in [6.45, 7) is 8.51. The molecule has 0 aliphatic carbocycles. The van der Waals surface area contributed by atoms with Gasteiger partial charge in [0.05, 0.1) is 0 Å². The highest BCUT2D eigenvalue weighted by Gasteiger charge is 2.23. The maximum atomic E-state index is 3.68. The summed E-state index contributed by atoms with van der Waals surface area (Å²) in [5.41, 5.74) is 1.90. The van der Waals surface area contributed by atoms with Gasteiger partial charge in [0, 0.05) is 10.5 Å². The molecule has 0 bridgehead atoms. The second kappa shape index (κ2) is 7.75. The average molecular weight is 353 g/mol. The zero-order valence-electron chi connectivity index (χ0n) is 13.7. The summed E-state index contributed by atoms with van der Waals surface area (Å²) in [6.07, 6.45) is 5.20. The third-order valence-electron chi connectivity index (χ3n) is 4.80. The Balaban J connectivity index is 1.90. The monoisotopic (exact) mass is 352 g/mol. The van der Waals surface area contributed by atoms with Crippen LogP contribution in [0.3, 0.4) is 0 Å². The highest BCUT2D eigenvalue weighted by Crippen LogP contribution is 2.30. The Morgan fingerprint density at radius 3 is 2.71 bits per heavy atom. The van der Waals surface area contributed by atoms with Gasteiger partial charge in [-0.15, -0.1) is 0 Å². The van der Waals surface area contributed by atoms with Gasteiger partial charge in [-0.3, -0.25) is 0 Å². The molecule has 1 heterocycles. The molecular formula is C18H29BrN2. The number of benzene rings is 1. The third kappa shape index (κ3) is 5.08. The lowest BCUT2D eigenvalue weighted by Crippen LogP contribution is -2.30. The molecule has 1 aliphatic heterocycles. The number of halogens is 1. The van der Waals surface area contributed by atoms with Crippen LogP contribution in [0.25, 0.3) is 0 Å². The van der Waals surface area contributed by atoms with Gasteiger partial charge < -0.3 is 10.2 Å². The minimum Gasteiger partial charge on any atom is -0.313 e. The quantitative estimate of drug-likeness (QED) is 0.832. The summed E-state index contributed by atoms with van der Waals surface area (Å²) in [7, 11) is 2.07. The first kappa shape index (κ1) is 17.0. The summed E-state index contributed by atoms with van der Waals surface area (Å²) in [4.78, 5) is 2.65. The SMILES string of the molecule is CNC(CCN1CCCC(C)(C)CC1)c1ccccc1Br. The van der Waals surface area contributed by atoms with Gasteiger partial charge in [0.2, 0.25) is 0 Å². The van der Waals surface area contributed by atoms with Gasteiger partial charge in [0.25, 0.3) is 0 Å². The summed E-state index contributed by atoms with van der Waals surface area (Å²) in [6, 6.07) is 8.98. The predicted octanol–water partition coefficient (Wildman–Crippen LogP) is 4.61. The zero-order chi connectivity index (χ0) is 15.3. The van der Waals surface area contributed by atoms with Crippen molar-refractivity contribution in [1.82, 2.24) is 10.2 Å². The van der Waals surface area contributed by atoms with Crippen molar-refractivity contribution in [2.45, 2.75) is 45.6 Å². The van der Waals surface area contributed by atoms with Crippen molar-refractivity contribution in [3.63, 3.8) is 0 Å². The summed E-state index contributed by atoms with van der Waals surface area (Å²) in [5.74, 6) is 0. The first-order valence-corrected chi connectivity index (χ1v) is 8.95. The minimum absolute atomic E-state index is 0.428. The zero-order valence-corrected chi connectivity index (χ0v) is 15.2. The van der Waals surface area contributed by atoms with Crippen LogP contribution in [0, 0.1) is 5.41 Å². The van der Waals surface area contributed by atoms with E-state index in [0.29, 0.717) is 11.5 Å². The molecule has 2 nitrogen and oxygen atoms in total. The number of nitrogens with one attached hydrogen (secondary N) is 1. The van der Waals surface area contributed by atoms with Crippen LogP contribution >= 0.6 is 15.9 Å². The molecule has 1 fully saturated rings. The number of nitrogens with zero attached hydrogens (tertiary/aromatic N) is 1. The lowest BCUT2D eigenvalue weighted by Gasteiger charge is -2.25. The Morgan fingerprint density at radius 2 is 2.00 bits per heavy atom. The van der Waals surface area contributed by atoms with E-state index >= 15 is 0 Å². The number of rotatable bonds is 5. The molecule has 118 valence electrons. The van der Waals surface area contributed by atoms with Crippen molar-refractivity contribution >= 4 is 15.9 Å². The van der Waals surface area contributed by atoms with Gasteiger partial charge in [-0.1, -0.05) is 48.0 Å². The molecule has 1 unspecified atom stereocenters. The van der Waals surface area contributed by atoms with Gasteiger partial charge >= 0.3 is 0 Å². The lowest BCUT2D eigenvalue weighted by molar-refractivity contribution is 0.250. The van der Waals surface area contributed by atoms with E-state index in [-0.39, 0.29) is 0 Å². The molecule has 2 rings (SSSR count). The topological polar surface area (TPSA) is 15.3 Å². The highest BCUT2D eigenvalue weighted by atomic mass is 79.9. The standard InChI is InChI=1S/C18H29BrN2/c1-18(2)10-6-12-21(14-11-18)13-9-17(20-3)15-7-4-5-8-16(15)19/h4-5,7-8,17,20H,6,9-14H2,1-3H3. The molecule has 0 radical (unpaired) electrons. The Bertz CT molecular complexity index is 445. The van der Waals surface area contributed by atoms with Crippen molar-refractivity contribution in [3.05, 3.63) is 34.3 Å². The molecule has 3 heteroatoms. The Labute approximate surface area is 138 Å². The van der Waals surface area contributed by atoms with Gasteiger partial charge in [-0.05, 0) is 69.4 Å². The molecule has 0 amide bonds. The molecule has 0 saturated carbocycles. The molecule has 21 heavy (non-hydrogen) atoms. The Kier molecular flexibility index (Phi) is 6.27. The van der Waals surface area contributed by atoms with Crippen LogP contribution in [0.4, 0.5) is 0 Å². The largest absolute Gasteiger partial charge is 0.313 e. The second-order valence-corrected chi connectivity index (χ2v) is 7.87. The molecule has 1 atom stereocenters. The smallest absolute Gasteiger partial charge is 0.0340 e. The normalized spacial score (nSPS) is 21.0. The van der Waals surface area contributed by atoms with E-state index < -0.39 is 0 Å². The Hall–Kier alpha value is -0.380. The molecule has 1 aromatic rings. The van der Waals surface area contributed by atoms with Gasteiger partial charge in [0.15, 0.2) is 0 Å². The maximum absolute atomic E-state index is 3.68. The number of hydrogen-bond acceptors (Lipinski definition) is 2. The van der Waals surface area contributed by atoms with Crippen molar-refractivity contribution in [2.75, 3.05) is 26.7 Å². The fourth-order valence-electron chi connectivity index (χ4n) is 3.23. The third-order valence-corrected chi connectivity index (χ3v) is 5.52. The van der Waals surface area contributed by atoms with Gasteiger partial charge in [0.1, 0.15) is 0 Å². The fraction of sp³-hybridized carbons (Fsp3) is 0.667. The average Bonchev–Trinajstić information content (AvgIpc) is 2.62. The molecule has 0 spiro atoms. The van der Waals surface area contributed by atoms with E-state index in [1.54, 1.807) is 0 Å². The first-order valence-electron chi connectivity index (χ1n) is 8.16. The van der Waals surface area contributed by atoms with Crippen LogP contribution in [0.5, 0.6) is 0 Å². The van der Waals surface area contributed by atoms with Crippen molar-refractivity contribution in [2.24, 2.45) is 5.41 Å². The highest BCUT2D eigenvalue weighted by molar-refractivity contribution is 9.10. The Morgan fingerprint density at radius 1 is 1.24 bits per heavy atom. The summed E-state index contributed by atoms with van der Waals surface area (Å²) in [5, 5.41) is 3.47. The van der Waals surface area contributed by atoms with E-state index in [2.05, 4.69) is 71.3 Å². The molecule has 1 aliphatic rings. The van der Waals surface area contributed by atoms with Crippen LogP contribution in [-0.2, 0) is 0 Å². The summed E-state index contributed by atoms with van der Waals surface area (Å²) >= 11 is 3.68. The number of likely N-dealkylation sites (tertiary alicyclic amines) is 1. The van der Waals surface area contributed by atoms with Crippen LogP contribution in [0.15, 0.2) is 28.7 Å². The van der Waals surface area contributed by atoms with Crippen molar-refractivity contribution in [3.8, 4) is 0 Å². The van der Waals surface area contributed by atoms with Gasteiger partial charge in [-0.25, -0.2) is 0 Å². The minimum atomic E-state index is 0.428. The summed E-state index contributed by atoms with van der Waals surface area (Å²) < 4.78 is 1.21. The first-order chi connectivity index (χ1) is 10.0. The molecule has 1 N–H and O–H groups in total. The molecular weight excluding hydrogens is 324 g/mol. The van der Waals surface area contributed by atoms with Crippen LogP contribution in [-0.4, -0.2) is 31.6 Å². The molecule has 0 aromatic heterocycles. The molecule has 1 saturated heterocycles. The second-order valence-electron chi connectivity index (χ2n) is 7.01. The lowest BCUT2D eigenvalue weighted by atomic mass is 9.85. The van der Waals surface area contributed by atoms with Crippen LogP contribution in [0.2, 0.25) is 0 Å².